The molecule has 2 fully saturated rings. The molecule has 0 bridgehead atoms. The molecule has 10 nitrogen and oxygen atoms in total. The second-order valence-corrected chi connectivity index (χ2v) is 16.8. The molecule has 9 rings (SSSR count). The Labute approximate surface area is 389 Å². The summed E-state index contributed by atoms with van der Waals surface area (Å²) in [6.07, 6.45) is 27.1. The van der Waals surface area contributed by atoms with Crippen LogP contribution in [0.2, 0.25) is 0 Å². The van der Waals surface area contributed by atoms with Crippen LogP contribution in [0.15, 0.2) is 121 Å². The average molecular weight is 879 g/mol. The number of aromatic amines is 4. The Balaban J connectivity index is 0.000000190. The third-order valence-corrected chi connectivity index (χ3v) is 12.4. The molecule has 0 atom stereocenters. The standard InChI is InChI=1S/C29H34N4.C25H26N6.C2H6/c1-6-20(3)18-23(7-2)21(4)14-15-25-22(5)29(32-31-25)27-19-24-26(30-27)12-11-13-28(24)33-16-9-8-10-17-33;1-17(23-16-26-11-12-27-23)9-10-20-18(2)25(30-29-20)22-15-19-21(28-22)7-6-8-24(19)31-13-4-3-5-14-31;1-2/h6-7,11-15,18-19,30-31H,1,5,8-10,16-17H2,2-4H3;6-12,15-16,28-29H,2-5,13-14H2,1H3;1-2H3/b20-18-,21-14+,23-7+,25-15+;17-9+,20-10+;. The zero-order valence-electron chi connectivity index (χ0n) is 39.8. The topological polar surface area (TPSA) is 121 Å². The zero-order chi connectivity index (χ0) is 46.6. The summed E-state index contributed by atoms with van der Waals surface area (Å²) in [7, 11) is 0. The van der Waals surface area contributed by atoms with E-state index in [1.165, 1.54) is 71.8 Å². The maximum Gasteiger partial charge on any atom is 0.116 e. The molecule has 4 N–H and O–H groups in total. The molecule has 0 radical (unpaired) electrons. The van der Waals surface area contributed by atoms with Gasteiger partial charge in [0.2, 0.25) is 0 Å². The Hall–Kier alpha value is -7.20. The molecule has 0 aliphatic carbocycles. The fourth-order valence-corrected chi connectivity index (χ4v) is 8.66. The third kappa shape index (κ3) is 10.7. The average Bonchev–Trinajstić information content (AvgIpc) is 4.18. The fraction of sp³-hybridized carbons (Fsp3) is 0.286. The fourth-order valence-electron chi connectivity index (χ4n) is 8.66. The van der Waals surface area contributed by atoms with Crippen LogP contribution in [0, 0.1) is 0 Å². The monoisotopic (exact) mass is 879 g/mol. The summed E-state index contributed by atoms with van der Waals surface area (Å²) >= 11 is 0. The number of rotatable bonds is 10. The second kappa shape index (κ2) is 22.1. The summed E-state index contributed by atoms with van der Waals surface area (Å²) in [5, 5.41) is 21.5. The number of fused-ring (bicyclic) bond motifs is 2. The predicted molar refractivity (Wildman–Crippen MR) is 281 cm³/mol. The van der Waals surface area contributed by atoms with Crippen molar-refractivity contribution in [3.05, 3.63) is 148 Å². The highest BCUT2D eigenvalue weighted by Gasteiger charge is 2.18. The highest BCUT2D eigenvalue weighted by atomic mass is 15.1. The maximum absolute atomic E-state index is 4.60. The Morgan fingerprint density at radius 3 is 1.67 bits per heavy atom. The highest BCUT2D eigenvalue weighted by Crippen LogP contribution is 2.33. The van der Waals surface area contributed by atoms with Gasteiger partial charge in [-0.15, -0.1) is 0 Å². The van der Waals surface area contributed by atoms with Gasteiger partial charge in [-0.1, -0.05) is 81.7 Å². The minimum absolute atomic E-state index is 0.845. The molecular formula is C56H66N10. The lowest BCUT2D eigenvalue weighted by Gasteiger charge is -2.29. The SMILES string of the molecule is C=C\C(C)=C/C(=C\C)C(/C)=C/C=c1/[nH]nc(-c2cc3c(N4CCCCC4)cccc3[nH]2)c1=C.C=c1c(-c2cc3c(N4CCCCC4)cccc3[nH]2)n[nH]/c1=C/C=C(\C)c1cnccn1.CC. The van der Waals surface area contributed by atoms with E-state index < -0.39 is 0 Å². The van der Waals surface area contributed by atoms with Crippen molar-refractivity contribution in [2.75, 3.05) is 36.0 Å². The van der Waals surface area contributed by atoms with Crippen molar-refractivity contribution < 1.29 is 0 Å². The number of anilines is 2. The quantitative estimate of drug-likeness (QED) is 0.102. The first kappa shape index (κ1) is 46.8. The number of H-pyrrole nitrogens is 4. The van der Waals surface area contributed by atoms with E-state index >= 15 is 0 Å². The lowest BCUT2D eigenvalue weighted by Crippen LogP contribution is -2.29. The molecule has 2 aliphatic rings. The van der Waals surface area contributed by atoms with E-state index in [1.54, 1.807) is 18.6 Å². The molecule has 0 amide bonds. The summed E-state index contributed by atoms with van der Waals surface area (Å²) < 4.78 is 0. The first-order valence-electron chi connectivity index (χ1n) is 23.5. The summed E-state index contributed by atoms with van der Waals surface area (Å²) in [5.41, 5.74) is 13.9. The molecule has 66 heavy (non-hydrogen) atoms. The van der Waals surface area contributed by atoms with Crippen molar-refractivity contribution in [3.63, 3.8) is 0 Å². The van der Waals surface area contributed by atoms with Crippen molar-refractivity contribution in [2.45, 2.75) is 80.1 Å². The molecular weight excluding hydrogens is 813 g/mol. The van der Waals surface area contributed by atoms with Crippen molar-refractivity contribution in [3.8, 4) is 22.8 Å². The lowest BCUT2D eigenvalue weighted by atomic mass is 10.0. The van der Waals surface area contributed by atoms with Crippen molar-refractivity contribution in [1.82, 2.24) is 40.3 Å². The summed E-state index contributed by atoms with van der Waals surface area (Å²) in [6.45, 7) is 29.2. The Morgan fingerprint density at radius 1 is 0.682 bits per heavy atom. The van der Waals surface area contributed by atoms with Crippen molar-refractivity contribution >= 4 is 64.1 Å². The Bertz CT molecular complexity index is 3120. The molecule has 2 aliphatic heterocycles. The van der Waals surface area contributed by atoms with Crippen LogP contribution in [0.1, 0.15) is 85.8 Å². The molecule has 0 saturated carbocycles. The van der Waals surface area contributed by atoms with E-state index in [-0.39, 0.29) is 0 Å². The summed E-state index contributed by atoms with van der Waals surface area (Å²) in [4.78, 5) is 20.6. The molecule has 2 saturated heterocycles. The van der Waals surface area contributed by atoms with Gasteiger partial charge in [-0.2, -0.15) is 10.2 Å². The van der Waals surface area contributed by atoms with Gasteiger partial charge in [0.1, 0.15) is 11.4 Å². The van der Waals surface area contributed by atoms with Crippen molar-refractivity contribution in [1.29, 1.82) is 0 Å². The van der Waals surface area contributed by atoms with Gasteiger partial charge in [0.25, 0.3) is 0 Å². The number of nitrogens with zero attached hydrogens (tertiary/aromatic N) is 6. The van der Waals surface area contributed by atoms with Crippen LogP contribution in [-0.4, -0.2) is 66.5 Å². The number of benzene rings is 2. The normalized spacial score (nSPS) is 15.8. The molecule has 5 aromatic heterocycles. The molecule has 0 spiro atoms. The van der Waals surface area contributed by atoms with Crippen LogP contribution < -0.4 is 30.9 Å². The van der Waals surface area contributed by atoms with Gasteiger partial charge in [-0.25, -0.2) is 0 Å². The van der Waals surface area contributed by atoms with Gasteiger partial charge < -0.3 is 19.8 Å². The molecule has 0 unspecified atom stereocenters. The minimum atomic E-state index is 0.845. The van der Waals surface area contributed by atoms with E-state index in [0.29, 0.717) is 0 Å². The van der Waals surface area contributed by atoms with E-state index in [1.807, 2.05) is 39.0 Å². The summed E-state index contributed by atoms with van der Waals surface area (Å²) in [5.74, 6) is 0. The Morgan fingerprint density at radius 2 is 1.20 bits per heavy atom. The van der Waals surface area contributed by atoms with Gasteiger partial charge in [0.05, 0.1) is 34.0 Å². The van der Waals surface area contributed by atoms with E-state index in [2.05, 4.69) is 163 Å². The van der Waals surface area contributed by atoms with Gasteiger partial charge >= 0.3 is 0 Å². The van der Waals surface area contributed by atoms with E-state index in [9.17, 15) is 0 Å². The smallest absolute Gasteiger partial charge is 0.116 e. The predicted octanol–water partition coefficient (Wildman–Crippen LogP) is 10.4. The van der Waals surface area contributed by atoms with Gasteiger partial charge in [0.15, 0.2) is 0 Å². The van der Waals surface area contributed by atoms with E-state index in [4.69, 9.17) is 0 Å². The summed E-state index contributed by atoms with van der Waals surface area (Å²) in [6, 6.07) is 17.4. The number of hydrogen-bond donors (Lipinski definition) is 4. The van der Waals surface area contributed by atoms with Crippen LogP contribution in [0.25, 0.3) is 75.5 Å². The molecule has 7 aromatic rings. The number of aromatic nitrogens is 8. The van der Waals surface area contributed by atoms with Crippen LogP contribution in [0.3, 0.4) is 0 Å². The molecule has 2 aromatic carbocycles. The second-order valence-electron chi connectivity index (χ2n) is 16.8. The van der Waals surface area contributed by atoms with Gasteiger partial charge in [-0.05, 0) is 131 Å². The first-order valence-corrected chi connectivity index (χ1v) is 23.5. The van der Waals surface area contributed by atoms with Crippen molar-refractivity contribution in [2.24, 2.45) is 0 Å². The van der Waals surface area contributed by atoms with Crippen LogP contribution in [-0.2, 0) is 0 Å². The van der Waals surface area contributed by atoms with Crippen LogP contribution >= 0.6 is 0 Å². The van der Waals surface area contributed by atoms with E-state index in [0.717, 1.165) is 98.0 Å². The largest absolute Gasteiger partial charge is 0.371 e. The molecule has 10 heteroatoms. The number of nitrogens with one attached hydrogen (secondary N) is 4. The van der Waals surface area contributed by atoms with Gasteiger partial charge in [-0.3, -0.25) is 20.2 Å². The minimum Gasteiger partial charge on any atom is -0.371 e. The maximum atomic E-state index is 4.60. The highest BCUT2D eigenvalue weighted by molar-refractivity contribution is 5.97. The number of piperidine rings is 2. The molecule has 7 heterocycles. The first-order chi connectivity index (χ1) is 32.2. The van der Waals surface area contributed by atoms with Crippen LogP contribution in [0.5, 0.6) is 0 Å². The van der Waals surface area contributed by atoms with Gasteiger partial charge in [0, 0.05) is 82.2 Å². The lowest BCUT2D eigenvalue weighted by molar-refractivity contribution is 0.579. The van der Waals surface area contributed by atoms with Crippen LogP contribution in [0.4, 0.5) is 11.4 Å². The Kier molecular flexibility index (Phi) is 15.7. The number of allylic oxidation sites excluding steroid dienone is 9. The molecule has 340 valence electrons. The zero-order valence-corrected chi connectivity index (χ0v) is 39.8. The number of hydrogen-bond acceptors (Lipinski definition) is 6. The third-order valence-electron chi connectivity index (χ3n) is 12.4.